The second kappa shape index (κ2) is 13.2. The molecular weight excluding hydrogens is 586 g/mol. The highest BCUT2D eigenvalue weighted by molar-refractivity contribution is 7.92. The first-order valence-corrected chi connectivity index (χ1v) is 16.6. The van der Waals surface area contributed by atoms with Gasteiger partial charge in [-0.1, -0.05) is 41.8 Å². The Hall–Kier alpha value is -3.12. The van der Waals surface area contributed by atoms with Crippen LogP contribution in [-0.4, -0.2) is 59.8 Å². The monoisotopic (exact) mass is 619 g/mol. The Kier molecular flexibility index (Phi) is 9.96. The van der Waals surface area contributed by atoms with Crippen molar-refractivity contribution in [1.29, 1.82) is 0 Å². The summed E-state index contributed by atoms with van der Waals surface area (Å²) in [6, 6.07) is 17.5. The van der Waals surface area contributed by atoms with E-state index in [0.717, 1.165) is 29.1 Å². The van der Waals surface area contributed by atoms with Crippen LogP contribution in [0.15, 0.2) is 76.5 Å². The molecule has 1 N–H and O–H groups in total. The number of hydrogen-bond acceptors (Lipinski definition) is 6. The average molecular weight is 620 g/mol. The first kappa shape index (κ1) is 30.8. The Morgan fingerprint density at radius 2 is 1.54 bits per heavy atom. The number of nitrogens with zero attached hydrogens (tertiary/aromatic N) is 2. The second-order valence-electron chi connectivity index (χ2n) is 9.89. The van der Waals surface area contributed by atoms with E-state index >= 15 is 0 Å². The summed E-state index contributed by atoms with van der Waals surface area (Å²) in [6.07, 6.45) is 2.76. The van der Waals surface area contributed by atoms with Gasteiger partial charge in [-0.05, 0) is 80.8 Å². The number of hydrogen-bond donors (Lipinski definition) is 1. The smallest absolute Gasteiger partial charge is 0.264 e. The van der Waals surface area contributed by atoms with Crippen LogP contribution < -0.4 is 14.4 Å². The Balaban J connectivity index is 1.38. The van der Waals surface area contributed by atoms with Crippen molar-refractivity contribution in [2.24, 2.45) is 0 Å². The first-order valence-electron chi connectivity index (χ1n) is 13.3. The number of sulfonamides is 2. The van der Waals surface area contributed by atoms with Crippen LogP contribution in [0.1, 0.15) is 30.4 Å². The topological polar surface area (TPSA) is 113 Å². The molecule has 1 heterocycles. The molecule has 9 nitrogen and oxygen atoms in total. The van der Waals surface area contributed by atoms with Gasteiger partial charge in [-0.2, -0.15) is 4.31 Å². The zero-order chi connectivity index (χ0) is 29.6. The normalized spacial score (nSPS) is 14.4. The molecule has 1 aliphatic rings. The highest BCUT2D eigenvalue weighted by atomic mass is 35.5. The fraction of sp³-hybridized carbons (Fsp3) is 0.345. The molecule has 1 amide bonds. The number of aryl methyl sites for hydroxylation is 2. The summed E-state index contributed by atoms with van der Waals surface area (Å²) >= 11 is 6.17. The number of piperidine rings is 1. The molecule has 1 fully saturated rings. The van der Waals surface area contributed by atoms with Crippen LogP contribution in [0.2, 0.25) is 5.02 Å². The predicted octanol–water partition coefficient (Wildman–Crippen LogP) is 4.52. The summed E-state index contributed by atoms with van der Waals surface area (Å²) in [5.74, 6) is -0.0680. The van der Waals surface area contributed by atoms with Gasteiger partial charge in [-0.25, -0.2) is 16.8 Å². The Bertz CT molecular complexity index is 1570. The molecule has 41 heavy (non-hydrogen) atoms. The number of benzene rings is 3. The lowest BCUT2D eigenvalue weighted by Crippen LogP contribution is -2.42. The first-order chi connectivity index (χ1) is 19.5. The van der Waals surface area contributed by atoms with Crippen LogP contribution in [0.4, 0.5) is 5.69 Å². The summed E-state index contributed by atoms with van der Waals surface area (Å²) in [4.78, 5) is 13.2. The van der Waals surface area contributed by atoms with E-state index in [2.05, 4.69) is 5.32 Å². The fourth-order valence-electron chi connectivity index (χ4n) is 4.50. The number of nitrogens with one attached hydrogen (secondary N) is 1. The molecule has 0 spiro atoms. The van der Waals surface area contributed by atoms with E-state index in [1.807, 2.05) is 6.92 Å². The fourth-order valence-corrected chi connectivity index (χ4v) is 7.66. The molecule has 0 aromatic heterocycles. The van der Waals surface area contributed by atoms with Crippen molar-refractivity contribution in [2.75, 3.05) is 37.1 Å². The van der Waals surface area contributed by atoms with Crippen molar-refractivity contribution in [3.05, 3.63) is 82.9 Å². The average Bonchev–Trinajstić information content (AvgIpc) is 2.96. The van der Waals surface area contributed by atoms with Gasteiger partial charge in [-0.3, -0.25) is 9.10 Å². The van der Waals surface area contributed by atoms with E-state index in [9.17, 15) is 21.6 Å². The van der Waals surface area contributed by atoms with E-state index in [1.165, 1.54) is 34.6 Å². The van der Waals surface area contributed by atoms with Gasteiger partial charge in [0.1, 0.15) is 18.9 Å². The minimum Gasteiger partial charge on any atom is -0.492 e. The maximum Gasteiger partial charge on any atom is 0.264 e. The summed E-state index contributed by atoms with van der Waals surface area (Å²) in [5.41, 5.74) is 1.86. The van der Waals surface area contributed by atoms with Crippen molar-refractivity contribution in [1.82, 2.24) is 9.62 Å². The highest BCUT2D eigenvalue weighted by Crippen LogP contribution is 2.29. The van der Waals surface area contributed by atoms with Gasteiger partial charge in [-0.15, -0.1) is 0 Å². The molecule has 1 aliphatic heterocycles. The lowest BCUT2D eigenvalue weighted by atomic mass is 10.2. The third kappa shape index (κ3) is 7.59. The summed E-state index contributed by atoms with van der Waals surface area (Å²) in [5, 5.41) is 3.04. The molecule has 220 valence electrons. The van der Waals surface area contributed by atoms with Gasteiger partial charge in [0.05, 0.1) is 22.0 Å². The molecule has 4 rings (SSSR count). The van der Waals surface area contributed by atoms with E-state index in [-0.39, 0.29) is 22.9 Å². The number of halogens is 1. The van der Waals surface area contributed by atoms with E-state index < -0.39 is 32.5 Å². The lowest BCUT2D eigenvalue weighted by molar-refractivity contribution is -0.119. The van der Waals surface area contributed by atoms with Crippen LogP contribution in [0.3, 0.4) is 0 Å². The van der Waals surface area contributed by atoms with Crippen LogP contribution in [0.25, 0.3) is 0 Å². The van der Waals surface area contributed by atoms with E-state index in [0.29, 0.717) is 35.1 Å². The SMILES string of the molecule is Cc1ccc(S(=O)(=O)N(CC(=O)NCCOc2ccc(S(=O)(=O)N3CCCCC3)cc2)c2cc(Cl)ccc2C)cc1. The summed E-state index contributed by atoms with van der Waals surface area (Å²) in [6.45, 7) is 4.42. The van der Waals surface area contributed by atoms with Gasteiger partial charge < -0.3 is 10.1 Å². The van der Waals surface area contributed by atoms with Gasteiger partial charge in [0.2, 0.25) is 15.9 Å². The van der Waals surface area contributed by atoms with Gasteiger partial charge in [0, 0.05) is 18.1 Å². The quantitative estimate of drug-likeness (QED) is 0.316. The molecule has 1 saturated heterocycles. The third-order valence-electron chi connectivity index (χ3n) is 6.81. The van der Waals surface area contributed by atoms with E-state index in [4.69, 9.17) is 16.3 Å². The van der Waals surface area contributed by atoms with Crippen LogP contribution in [0.5, 0.6) is 5.75 Å². The summed E-state index contributed by atoms with van der Waals surface area (Å²) < 4.78 is 61.1. The largest absolute Gasteiger partial charge is 0.492 e. The molecule has 0 unspecified atom stereocenters. The number of rotatable bonds is 11. The molecular formula is C29H34ClN3O6S2. The predicted molar refractivity (Wildman–Crippen MR) is 159 cm³/mol. The van der Waals surface area contributed by atoms with Gasteiger partial charge >= 0.3 is 0 Å². The van der Waals surface area contributed by atoms with Crippen LogP contribution >= 0.6 is 11.6 Å². The van der Waals surface area contributed by atoms with Crippen molar-refractivity contribution >= 4 is 43.2 Å². The van der Waals surface area contributed by atoms with Crippen molar-refractivity contribution < 1.29 is 26.4 Å². The second-order valence-corrected chi connectivity index (χ2v) is 14.1. The zero-order valence-electron chi connectivity index (χ0n) is 23.0. The Morgan fingerprint density at radius 1 is 0.902 bits per heavy atom. The van der Waals surface area contributed by atoms with Gasteiger partial charge in [0.25, 0.3) is 10.0 Å². The molecule has 0 atom stereocenters. The summed E-state index contributed by atoms with van der Waals surface area (Å²) in [7, 11) is -7.60. The van der Waals surface area contributed by atoms with Crippen molar-refractivity contribution in [3.8, 4) is 5.75 Å². The molecule has 0 bridgehead atoms. The minimum atomic E-state index is -4.07. The lowest BCUT2D eigenvalue weighted by Gasteiger charge is -2.26. The zero-order valence-corrected chi connectivity index (χ0v) is 25.4. The number of amides is 1. The highest BCUT2D eigenvalue weighted by Gasteiger charge is 2.29. The van der Waals surface area contributed by atoms with Gasteiger partial charge in [0.15, 0.2) is 0 Å². The van der Waals surface area contributed by atoms with Crippen LogP contribution in [0, 0.1) is 13.8 Å². The molecule has 0 aliphatic carbocycles. The maximum absolute atomic E-state index is 13.6. The maximum atomic E-state index is 13.6. The molecule has 3 aromatic carbocycles. The minimum absolute atomic E-state index is 0.0596. The number of carbonyl (C=O) groups excluding carboxylic acids is 1. The van der Waals surface area contributed by atoms with E-state index in [1.54, 1.807) is 43.3 Å². The van der Waals surface area contributed by atoms with Crippen molar-refractivity contribution in [2.45, 2.75) is 42.9 Å². The third-order valence-corrected chi connectivity index (χ3v) is 10.7. The number of carbonyl (C=O) groups is 1. The van der Waals surface area contributed by atoms with Crippen LogP contribution in [-0.2, 0) is 24.8 Å². The standard InChI is InChI=1S/C29H34ClN3O6S2/c1-22-6-12-27(13-7-22)41(37,38)33(28-20-24(30)9-8-23(28)2)21-29(34)31-16-19-39-25-10-14-26(15-11-25)40(35,36)32-17-4-3-5-18-32/h6-15,20H,3-5,16-19,21H2,1-2H3,(H,31,34). The Labute approximate surface area is 247 Å². The molecule has 0 saturated carbocycles. The molecule has 3 aromatic rings. The molecule has 12 heteroatoms. The number of ether oxygens (including phenoxy) is 1. The van der Waals surface area contributed by atoms with Crippen molar-refractivity contribution in [3.63, 3.8) is 0 Å². The Morgan fingerprint density at radius 3 is 2.20 bits per heavy atom. The number of anilines is 1. The molecule has 0 radical (unpaired) electrons.